The minimum absolute atomic E-state index is 1.14. The van der Waals surface area contributed by atoms with Crippen molar-refractivity contribution in [2.75, 3.05) is 9.80 Å². The van der Waals surface area contributed by atoms with E-state index in [0.29, 0.717) is 0 Å². The summed E-state index contributed by atoms with van der Waals surface area (Å²) >= 11 is 0. The predicted octanol–water partition coefficient (Wildman–Crippen LogP) is 16.8. The van der Waals surface area contributed by atoms with Gasteiger partial charge in [0.25, 0.3) is 0 Å². The molecule has 0 aliphatic rings. The average Bonchev–Trinajstić information content (AvgIpc) is 4.04. The zero-order chi connectivity index (χ0) is 43.1. The second-order valence-corrected chi connectivity index (χ2v) is 18.1. The van der Waals surface area contributed by atoms with Gasteiger partial charge in [0.1, 0.15) is 0 Å². The Hall–Kier alpha value is -7.82. The van der Waals surface area contributed by atoms with Crippen LogP contribution in [0.4, 0.5) is 34.1 Å². The maximum absolute atomic E-state index is 2.55. The Bertz CT molecular complexity index is 4000. The molecule has 0 aliphatic carbocycles. The smallest absolute Gasteiger partial charge is 0.0641 e. The molecule has 64 heavy (non-hydrogen) atoms. The average molecular weight is 823 g/mol. The van der Waals surface area contributed by atoms with Crippen molar-refractivity contribution in [1.82, 2.24) is 8.80 Å². The lowest BCUT2D eigenvalue weighted by molar-refractivity contribution is 1.22. The van der Waals surface area contributed by atoms with Crippen LogP contribution in [0.15, 0.2) is 170 Å². The lowest BCUT2D eigenvalue weighted by Crippen LogP contribution is -2.12. The Morgan fingerprint density at radius 2 is 0.750 bits per heavy atom. The number of para-hydroxylation sites is 4. The number of aryl methyl sites for hydroxylation is 5. The van der Waals surface area contributed by atoms with Crippen molar-refractivity contribution < 1.29 is 0 Å². The molecule has 9 aromatic carbocycles. The summed E-state index contributed by atoms with van der Waals surface area (Å²) in [7, 11) is 0. The largest absolute Gasteiger partial charge is 0.310 e. The third-order valence-corrected chi connectivity index (χ3v) is 14.5. The molecule has 0 bridgehead atoms. The summed E-state index contributed by atoms with van der Waals surface area (Å²) in [5.74, 6) is 0. The van der Waals surface area contributed by atoms with Crippen LogP contribution in [-0.4, -0.2) is 8.80 Å². The van der Waals surface area contributed by atoms with Gasteiger partial charge in [-0.1, -0.05) is 91.0 Å². The van der Waals surface area contributed by atoms with E-state index in [4.69, 9.17) is 0 Å². The van der Waals surface area contributed by atoms with Crippen molar-refractivity contribution in [2.45, 2.75) is 41.5 Å². The molecule has 0 saturated carbocycles. The monoisotopic (exact) mass is 822 g/mol. The van der Waals surface area contributed by atoms with Crippen LogP contribution in [-0.2, 0) is 0 Å². The molecule has 0 saturated heterocycles. The molecular weight excluding hydrogens is 777 g/mol. The van der Waals surface area contributed by atoms with Crippen LogP contribution >= 0.6 is 0 Å². The molecule has 4 heteroatoms. The normalized spacial score (nSPS) is 12.2. The first-order valence-corrected chi connectivity index (χ1v) is 22.4. The van der Waals surface area contributed by atoms with Crippen molar-refractivity contribution in [3.63, 3.8) is 0 Å². The Balaban J connectivity index is 1.12. The first-order valence-electron chi connectivity index (χ1n) is 22.4. The third-order valence-electron chi connectivity index (χ3n) is 14.5. The molecule has 4 aromatic heterocycles. The number of hydrogen-bond donors (Lipinski definition) is 0. The van der Waals surface area contributed by atoms with E-state index in [0.717, 1.165) is 11.4 Å². The fourth-order valence-corrected chi connectivity index (χ4v) is 11.2. The zero-order valence-corrected chi connectivity index (χ0v) is 37.0. The second-order valence-electron chi connectivity index (χ2n) is 18.1. The van der Waals surface area contributed by atoms with Crippen molar-refractivity contribution in [3.05, 3.63) is 203 Å². The lowest BCUT2D eigenvalue weighted by Gasteiger charge is -2.28. The number of aromatic nitrogens is 2. The number of rotatable bonds is 6. The van der Waals surface area contributed by atoms with E-state index >= 15 is 0 Å². The van der Waals surface area contributed by atoms with Crippen LogP contribution in [0.5, 0.6) is 0 Å². The molecular formula is C60H46N4. The fraction of sp³-hybridized carbons (Fsp3) is 0.100. The van der Waals surface area contributed by atoms with Gasteiger partial charge in [-0.3, -0.25) is 0 Å². The molecule has 0 amide bonds. The summed E-state index contributed by atoms with van der Waals surface area (Å²) in [5.41, 5.74) is 22.2. The van der Waals surface area contributed by atoms with E-state index < -0.39 is 0 Å². The Morgan fingerprint density at radius 1 is 0.297 bits per heavy atom. The van der Waals surface area contributed by atoms with Crippen LogP contribution in [0, 0.1) is 41.5 Å². The molecule has 4 heterocycles. The number of hydrogen-bond acceptors (Lipinski definition) is 2. The molecule has 13 aromatic rings. The first-order chi connectivity index (χ1) is 31.3. The highest BCUT2D eigenvalue weighted by Crippen LogP contribution is 2.51. The molecule has 0 atom stereocenters. The Morgan fingerprint density at radius 3 is 1.28 bits per heavy atom. The number of fused-ring (bicyclic) bond motifs is 12. The SMILES string of the molecule is Cc1cc(C)c(N(c2ccccc2)c2ccc3c4cc5c(cc4n4c6ccccc6c2c34)c2ccc(N(c3ccccc3)c3cc(C)c(C)c(C)c3)c3c4ccccc4n5c23)cc1C. The van der Waals surface area contributed by atoms with Gasteiger partial charge < -0.3 is 18.6 Å². The fourth-order valence-electron chi connectivity index (χ4n) is 11.2. The Kier molecular flexibility index (Phi) is 7.67. The topological polar surface area (TPSA) is 15.3 Å². The minimum Gasteiger partial charge on any atom is -0.310 e. The van der Waals surface area contributed by atoms with Gasteiger partial charge in [0, 0.05) is 65.8 Å². The quantitative estimate of drug-likeness (QED) is 0.166. The van der Waals surface area contributed by atoms with Gasteiger partial charge in [0.2, 0.25) is 0 Å². The first kappa shape index (κ1) is 36.8. The van der Waals surface area contributed by atoms with Gasteiger partial charge in [0.05, 0.1) is 44.5 Å². The summed E-state index contributed by atoms with van der Waals surface area (Å²) in [5, 5.41) is 10.1. The van der Waals surface area contributed by atoms with Crippen molar-refractivity contribution in [2.24, 2.45) is 0 Å². The second kappa shape index (κ2) is 13.3. The summed E-state index contributed by atoms with van der Waals surface area (Å²) in [4.78, 5) is 4.95. The van der Waals surface area contributed by atoms with Gasteiger partial charge in [-0.2, -0.15) is 0 Å². The lowest BCUT2D eigenvalue weighted by atomic mass is 10.00. The van der Waals surface area contributed by atoms with Crippen molar-refractivity contribution in [3.8, 4) is 0 Å². The van der Waals surface area contributed by atoms with E-state index in [1.165, 1.54) is 132 Å². The highest BCUT2D eigenvalue weighted by molar-refractivity contribution is 6.32. The van der Waals surface area contributed by atoms with E-state index in [2.05, 4.69) is 230 Å². The highest BCUT2D eigenvalue weighted by atomic mass is 15.2. The number of anilines is 6. The molecule has 0 aliphatic heterocycles. The predicted molar refractivity (Wildman–Crippen MR) is 274 cm³/mol. The van der Waals surface area contributed by atoms with Crippen LogP contribution in [0.1, 0.15) is 33.4 Å². The van der Waals surface area contributed by atoms with E-state index in [1.807, 2.05) is 0 Å². The van der Waals surface area contributed by atoms with Crippen molar-refractivity contribution >= 4 is 110 Å². The van der Waals surface area contributed by atoms with Crippen LogP contribution in [0.25, 0.3) is 76.2 Å². The molecule has 4 nitrogen and oxygen atoms in total. The molecule has 306 valence electrons. The molecule has 0 fully saturated rings. The van der Waals surface area contributed by atoms with Gasteiger partial charge in [0.15, 0.2) is 0 Å². The maximum atomic E-state index is 2.55. The van der Waals surface area contributed by atoms with Gasteiger partial charge >= 0.3 is 0 Å². The standard InChI is InChI=1S/C60H46N4/c1-35-29-39(5)54(32-36(35)2)62(42-19-11-8-12-20-42)53-28-26-45-49-34-55-48(33-56(49)64-51-24-16-14-22-47(51)58(53)60(45)64)44-25-27-52(57-46-21-13-15-23-50(46)63(55)59(44)57)61(41-17-9-7-10-18-41)43-30-37(3)40(6)38(4)31-43/h7-34H,1-6H3. The van der Waals surface area contributed by atoms with Crippen molar-refractivity contribution in [1.29, 1.82) is 0 Å². The van der Waals surface area contributed by atoms with Crippen LogP contribution in [0.2, 0.25) is 0 Å². The van der Waals surface area contributed by atoms with Gasteiger partial charge in [-0.25, -0.2) is 0 Å². The number of nitrogens with zero attached hydrogens (tertiary/aromatic N) is 4. The molecule has 0 N–H and O–H groups in total. The third kappa shape index (κ3) is 4.94. The highest BCUT2D eigenvalue weighted by Gasteiger charge is 2.28. The molecule has 0 spiro atoms. The Labute approximate surface area is 372 Å². The minimum atomic E-state index is 1.14. The van der Waals surface area contributed by atoms with Crippen LogP contribution < -0.4 is 9.80 Å². The summed E-state index contributed by atoms with van der Waals surface area (Å²) < 4.78 is 5.09. The summed E-state index contributed by atoms with van der Waals surface area (Å²) in [6, 6.07) is 63.6. The van der Waals surface area contributed by atoms with E-state index in [9.17, 15) is 0 Å². The molecule has 0 radical (unpaired) electrons. The molecule has 0 unspecified atom stereocenters. The maximum Gasteiger partial charge on any atom is 0.0641 e. The van der Waals surface area contributed by atoms with Gasteiger partial charge in [-0.05, 0) is 154 Å². The molecule has 13 rings (SSSR count). The summed E-state index contributed by atoms with van der Waals surface area (Å²) in [6.45, 7) is 13.4. The summed E-state index contributed by atoms with van der Waals surface area (Å²) in [6.07, 6.45) is 0. The van der Waals surface area contributed by atoms with E-state index in [1.54, 1.807) is 0 Å². The van der Waals surface area contributed by atoms with Gasteiger partial charge in [-0.15, -0.1) is 0 Å². The van der Waals surface area contributed by atoms with E-state index in [-0.39, 0.29) is 0 Å². The van der Waals surface area contributed by atoms with Crippen LogP contribution in [0.3, 0.4) is 0 Å². The zero-order valence-electron chi connectivity index (χ0n) is 37.0. The number of benzene rings is 9.